The van der Waals surface area contributed by atoms with Gasteiger partial charge in [0.2, 0.25) is 5.95 Å². The number of likely N-dealkylation sites (N-methyl/N-ethyl adjacent to an activating group) is 1. The van der Waals surface area contributed by atoms with Crippen molar-refractivity contribution in [3.63, 3.8) is 0 Å². The fourth-order valence-electron chi connectivity index (χ4n) is 2.30. The number of furan rings is 1. The molecule has 0 aliphatic carbocycles. The summed E-state index contributed by atoms with van der Waals surface area (Å²) in [5.41, 5.74) is 0.386. The molecule has 1 N–H and O–H groups in total. The third-order valence-electron chi connectivity index (χ3n) is 3.68. The van der Waals surface area contributed by atoms with Gasteiger partial charge in [0.15, 0.2) is 5.76 Å². The van der Waals surface area contributed by atoms with Crippen LogP contribution in [0.3, 0.4) is 0 Å². The molecule has 2 aromatic heterocycles. The Morgan fingerprint density at radius 3 is 2.50 bits per heavy atom. The molecule has 10 heteroatoms. The van der Waals surface area contributed by atoms with Gasteiger partial charge in [0.05, 0.1) is 24.1 Å². The van der Waals surface area contributed by atoms with Crippen LogP contribution in [0, 0.1) is 10.1 Å². The van der Waals surface area contributed by atoms with Crippen LogP contribution in [0.15, 0.2) is 28.9 Å². The van der Waals surface area contributed by atoms with E-state index in [1.807, 2.05) is 0 Å². The van der Waals surface area contributed by atoms with Gasteiger partial charge in [-0.25, -0.2) is 9.97 Å². The lowest BCUT2D eigenvalue weighted by atomic mass is 10.3. The van der Waals surface area contributed by atoms with Crippen LogP contribution >= 0.6 is 0 Å². The minimum atomic E-state index is -0.704. The highest BCUT2D eigenvalue weighted by atomic mass is 16.6. The molecule has 0 atom stereocenters. The number of amides is 1. The van der Waals surface area contributed by atoms with Crippen LogP contribution in [0.1, 0.15) is 10.6 Å². The second-order valence-corrected chi connectivity index (χ2v) is 5.41. The van der Waals surface area contributed by atoms with Gasteiger partial charge in [-0.1, -0.05) is 0 Å². The predicted molar refractivity (Wildman–Crippen MR) is 85.1 cm³/mol. The Hall–Kier alpha value is -3.01. The van der Waals surface area contributed by atoms with Gasteiger partial charge in [0.25, 0.3) is 5.91 Å². The minimum Gasteiger partial charge on any atom is -0.395 e. The Balaban J connectivity index is 1.63. The second kappa shape index (κ2) is 6.62. The number of rotatable bonds is 4. The minimum absolute atomic E-state index is 0.148. The standard InChI is InChI=1S/C14H16N6O4/c1-18-4-6-19(7-5-18)14-15-8-10(9-16-14)17-13(21)11-2-3-12(24-11)20(22)23/h2-3,8-9H,4-7H2,1H3,(H,17,21). The molecule has 0 saturated carbocycles. The van der Waals surface area contributed by atoms with Crippen molar-refractivity contribution in [2.45, 2.75) is 0 Å². The molecular formula is C14H16N6O4. The van der Waals surface area contributed by atoms with Gasteiger partial charge in [0, 0.05) is 26.2 Å². The lowest BCUT2D eigenvalue weighted by molar-refractivity contribution is -0.402. The van der Waals surface area contributed by atoms with Crippen molar-refractivity contribution in [2.24, 2.45) is 0 Å². The molecule has 1 saturated heterocycles. The fraction of sp³-hybridized carbons (Fsp3) is 0.357. The topological polar surface area (TPSA) is 118 Å². The summed E-state index contributed by atoms with van der Waals surface area (Å²) >= 11 is 0. The molecule has 1 fully saturated rings. The van der Waals surface area contributed by atoms with Crippen LogP contribution in [0.25, 0.3) is 0 Å². The van der Waals surface area contributed by atoms with Crippen molar-refractivity contribution >= 4 is 23.4 Å². The number of nitrogens with zero attached hydrogens (tertiary/aromatic N) is 5. The smallest absolute Gasteiger partial charge is 0.395 e. The van der Waals surface area contributed by atoms with Gasteiger partial charge in [-0.15, -0.1) is 0 Å². The SMILES string of the molecule is CN1CCN(c2ncc(NC(=O)c3ccc([N+](=O)[O-])o3)cn2)CC1. The van der Waals surface area contributed by atoms with Crippen LogP contribution in [0.5, 0.6) is 0 Å². The lowest BCUT2D eigenvalue weighted by Gasteiger charge is -2.32. The van der Waals surface area contributed by atoms with Crippen LogP contribution in [0.4, 0.5) is 17.5 Å². The van der Waals surface area contributed by atoms with Crippen molar-refractivity contribution < 1.29 is 14.1 Å². The summed E-state index contributed by atoms with van der Waals surface area (Å²) in [5.74, 6) is -0.625. The first-order chi connectivity index (χ1) is 11.5. The van der Waals surface area contributed by atoms with Crippen molar-refractivity contribution in [1.29, 1.82) is 0 Å². The number of aromatic nitrogens is 2. The summed E-state index contributed by atoms with van der Waals surface area (Å²) in [7, 11) is 2.07. The van der Waals surface area contributed by atoms with E-state index in [1.165, 1.54) is 18.5 Å². The molecule has 0 spiro atoms. The van der Waals surface area contributed by atoms with Crippen LogP contribution in [0.2, 0.25) is 0 Å². The van der Waals surface area contributed by atoms with Crippen LogP contribution in [-0.2, 0) is 0 Å². The van der Waals surface area contributed by atoms with Gasteiger partial charge in [-0.05, 0) is 13.1 Å². The van der Waals surface area contributed by atoms with E-state index in [0.29, 0.717) is 11.6 Å². The Kier molecular flexibility index (Phi) is 4.38. The van der Waals surface area contributed by atoms with Crippen LogP contribution < -0.4 is 10.2 Å². The van der Waals surface area contributed by atoms with Crippen molar-refractivity contribution in [3.05, 3.63) is 40.4 Å². The molecule has 0 aromatic carbocycles. The van der Waals surface area contributed by atoms with Gasteiger partial charge < -0.3 is 19.5 Å². The van der Waals surface area contributed by atoms with E-state index in [2.05, 4.69) is 32.1 Å². The van der Waals surface area contributed by atoms with Gasteiger partial charge >= 0.3 is 5.88 Å². The summed E-state index contributed by atoms with van der Waals surface area (Å²) in [4.78, 5) is 34.6. The molecule has 1 aliphatic heterocycles. The molecular weight excluding hydrogens is 316 g/mol. The number of nitro groups is 1. The van der Waals surface area contributed by atoms with E-state index < -0.39 is 16.7 Å². The summed E-state index contributed by atoms with van der Waals surface area (Å²) in [6.45, 7) is 3.58. The van der Waals surface area contributed by atoms with Crippen LogP contribution in [-0.4, -0.2) is 58.9 Å². The number of hydrogen-bond donors (Lipinski definition) is 1. The fourth-order valence-corrected chi connectivity index (χ4v) is 2.30. The van der Waals surface area contributed by atoms with E-state index in [4.69, 9.17) is 4.42 Å². The second-order valence-electron chi connectivity index (χ2n) is 5.41. The number of anilines is 2. The zero-order valence-corrected chi connectivity index (χ0v) is 13.0. The lowest BCUT2D eigenvalue weighted by Crippen LogP contribution is -2.45. The molecule has 24 heavy (non-hydrogen) atoms. The third kappa shape index (κ3) is 3.49. The number of hydrogen-bond acceptors (Lipinski definition) is 8. The highest BCUT2D eigenvalue weighted by Gasteiger charge is 2.19. The first kappa shape index (κ1) is 15.9. The maximum absolute atomic E-state index is 12.0. The average molecular weight is 332 g/mol. The van der Waals surface area contributed by atoms with Gasteiger partial charge in [-0.2, -0.15) is 0 Å². The van der Waals surface area contributed by atoms with E-state index >= 15 is 0 Å². The molecule has 0 radical (unpaired) electrons. The number of carbonyl (C=O) groups is 1. The Bertz CT molecular complexity index is 736. The predicted octanol–water partition coefficient (Wildman–Crippen LogP) is 0.982. The summed E-state index contributed by atoms with van der Waals surface area (Å²) in [5, 5.41) is 13.1. The average Bonchev–Trinajstić information content (AvgIpc) is 3.07. The molecule has 3 heterocycles. The molecule has 1 aliphatic rings. The maximum atomic E-state index is 12.0. The van der Waals surface area contributed by atoms with Crippen molar-refractivity contribution in [1.82, 2.24) is 14.9 Å². The summed E-state index contributed by atoms with van der Waals surface area (Å²) < 4.78 is 4.84. The Morgan fingerprint density at radius 1 is 1.25 bits per heavy atom. The van der Waals surface area contributed by atoms with Gasteiger partial charge in [0.1, 0.15) is 4.92 Å². The largest absolute Gasteiger partial charge is 0.433 e. The van der Waals surface area contributed by atoms with E-state index in [9.17, 15) is 14.9 Å². The normalized spacial score (nSPS) is 15.3. The monoisotopic (exact) mass is 332 g/mol. The zero-order valence-electron chi connectivity index (χ0n) is 13.0. The highest BCUT2D eigenvalue weighted by Crippen LogP contribution is 2.17. The first-order valence-electron chi connectivity index (χ1n) is 7.34. The first-order valence-corrected chi connectivity index (χ1v) is 7.34. The van der Waals surface area contributed by atoms with Crippen molar-refractivity contribution in [3.8, 4) is 0 Å². The number of carbonyl (C=O) groups excluding carboxylic acids is 1. The summed E-state index contributed by atoms with van der Waals surface area (Å²) in [6.07, 6.45) is 2.99. The van der Waals surface area contributed by atoms with E-state index in [1.54, 1.807) is 0 Å². The summed E-state index contributed by atoms with van der Waals surface area (Å²) in [6, 6.07) is 2.37. The third-order valence-corrected chi connectivity index (χ3v) is 3.68. The molecule has 0 bridgehead atoms. The van der Waals surface area contributed by atoms with Gasteiger partial charge in [-0.3, -0.25) is 14.9 Å². The molecule has 10 nitrogen and oxygen atoms in total. The highest BCUT2D eigenvalue weighted by molar-refractivity contribution is 6.02. The molecule has 3 rings (SSSR count). The Morgan fingerprint density at radius 2 is 1.92 bits per heavy atom. The van der Waals surface area contributed by atoms with Crippen molar-refractivity contribution in [2.75, 3.05) is 43.4 Å². The quantitative estimate of drug-likeness (QED) is 0.650. The number of nitrogens with one attached hydrogen (secondary N) is 1. The molecule has 0 unspecified atom stereocenters. The Labute approximate surface area is 137 Å². The van der Waals surface area contributed by atoms with E-state index in [0.717, 1.165) is 32.2 Å². The number of piperazine rings is 1. The zero-order chi connectivity index (χ0) is 17.1. The molecule has 126 valence electrons. The molecule has 1 amide bonds. The molecule has 2 aromatic rings. The maximum Gasteiger partial charge on any atom is 0.433 e. The van der Waals surface area contributed by atoms with E-state index in [-0.39, 0.29) is 5.76 Å².